The lowest BCUT2D eigenvalue weighted by Crippen LogP contribution is -2.11. The van der Waals surface area contributed by atoms with E-state index in [1.807, 2.05) is 6.07 Å². The van der Waals surface area contributed by atoms with Gasteiger partial charge in [0.2, 0.25) is 0 Å². The predicted molar refractivity (Wildman–Crippen MR) is 108 cm³/mol. The number of benzene rings is 2. The van der Waals surface area contributed by atoms with Crippen molar-refractivity contribution in [3.63, 3.8) is 0 Å². The monoisotopic (exact) mass is 415 g/mol. The number of hydrogen-bond donors (Lipinski definition) is 1. The predicted octanol–water partition coefficient (Wildman–Crippen LogP) is 5.79. The van der Waals surface area contributed by atoms with Crippen LogP contribution in [0.25, 0.3) is 5.76 Å². The highest BCUT2D eigenvalue weighted by Gasteiger charge is 2.35. The van der Waals surface area contributed by atoms with E-state index >= 15 is 0 Å². The van der Waals surface area contributed by atoms with Gasteiger partial charge in [-0.2, -0.15) is 0 Å². The lowest BCUT2D eigenvalue weighted by atomic mass is 9.86. The molecule has 0 saturated carbocycles. The molecule has 6 heteroatoms. The molecule has 2 atom stereocenters. The van der Waals surface area contributed by atoms with Crippen LogP contribution in [-0.2, 0) is 4.74 Å². The number of pyridine rings is 1. The molecule has 28 heavy (non-hydrogen) atoms. The topological polar surface area (TPSA) is 42.4 Å². The number of halogens is 3. The van der Waals surface area contributed by atoms with Crippen molar-refractivity contribution in [1.82, 2.24) is 4.98 Å². The number of hydrogen-bond acceptors (Lipinski definition) is 3. The van der Waals surface area contributed by atoms with Crippen LogP contribution in [-0.4, -0.2) is 16.7 Å². The van der Waals surface area contributed by atoms with Gasteiger partial charge < -0.3 is 9.84 Å². The van der Waals surface area contributed by atoms with Crippen LogP contribution < -0.4 is 0 Å². The molecule has 0 aliphatic carbocycles. The summed E-state index contributed by atoms with van der Waals surface area (Å²) in [4.78, 5) is 4.10. The molecule has 0 bridgehead atoms. The Bertz CT molecular complexity index is 1020. The van der Waals surface area contributed by atoms with Gasteiger partial charge in [-0.25, -0.2) is 4.39 Å². The van der Waals surface area contributed by atoms with Gasteiger partial charge in [0.05, 0.1) is 6.61 Å². The SMILES string of the molecule is OC(C1=C(c2ccc(F)cc2)OCC1c1ccc(Cl)cc1Cl)c1cccnc1. The van der Waals surface area contributed by atoms with E-state index < -0.39 is 6.10 Å². The summed E-state index contributed by atoms with van der Waals surface area (Å²) in [7, 11) is 0. The average molecular weight is 416 g/mol. The van der Waals surface area contributed by atoms with E-state index in [1.165, 1.54) is 12.1 Å². The van der Waals surface area contributed by atoms with E-state index in [0.29, 0.717) is 39.1 Å². The minimum absolute atomic E-state index is 0.278. The lowest BCUT2D eigenvalue weighted by molar-refractivity contribution is 0.209. The van der Waals surface area contributed by atoms with Crippen molar-refractivity contribution in [2.45, 2.75) is 12.0 Å². The molecular weight excluding hydrogens is 400 g/mol. The van der Waals surface area contributed by atoms with Crippen molar-refractivity contribution >= 4 is 29.0 Å². The minimum atomic E-state index is -0.951. The van der Waals surface area contributed by atoms with Crippen LogP contribution in [0, 0.1) is 5.82 Å². The second kappa shape index (κ2) is 7.92. The highest BCUT2D eigenvalue weighted by Crippen LogP contribution is 2.46. The molecule has 0 spiro atoms. The van der Waals surface area contributed by atoms with Crippen molar-refractivity contribution in [2.75, 3.05) is 6.61 Å². The van der Waals surface area contributed by atoms with E-state index in [2.05, 4.69) is 4.98 Å². The summed E-state index contributed by atoms with van der Waals surface area (Å²) < 4.78 is 19.4. The first-order valence-corrected chi connectivity index (χ1v) is 9.46. The maximum absolute atomic E-state index is 13.4. The Labute approximate surface area is 172 Å². The smallest absolute Gasteiger partial charge is 0.129 e. The summed E-state index contributed by atoms with van der Waals surface area (Å²) in [5.74, 6) is -0.0959. The van der Waals surface area contributed by atoms with Gasteiger partial charge in [0.25, 0.3) is 0 Å². The first kappa shape index (κ1) is 18.9. The highest BCUT2D eigenvalue weighted by molar-refractivity contribution is 6.35. The summed E-state index contributed by atoms with van der Waals surface area (Å²) in [6.45, 7) is 0.306. The Morgan fingerprint density at radius 2 is 1.89 bits per heavy atom. The number of nitrogens with zero attached hydrogens (tertiary/aromatic N) is 1. The van der Waals surface area contributed by atoms with E-state index in [-0.39, 0.29) is 11.7 Å². The third kappa shape index (κ3) is 3.63. The molecule has 142 valence electrons. The molecule has 3 aromatic rings. The van der Waals surface area contributed by atoms with Gasteiger partial charge in [0.1, 0.15) is 17.7 Å². The van der Waals surface area contributed by atoms with Crippen molar-refractivity contribution < 1.29 is 14.2 Å². The van der Waals surface area contributed by atoms with E-state index in [9.17, 15) is 9.50 Å². The van der Waals surface area contributed by atoms with Crippen molar-refractivity contribution in [3.05, 3.63) is 105 Å². The summed E-state index contributed by atoms with van der Waals surface area (Å²) in [5.41, 5.74) is 2.79. The Morgan fingerprint density at radius 1 is 1.11 bits per heavy atom. The number of ether oxygens (including phenoxy) is 1. The zero-order valence-electron chi connectivity index (χ0n) is 14.6. The molecule has 4 rings (SSSR count). The van der Waals surface area contributed by atoms with Crippen LogP contribution in [0.3, 0.4) is 0 Å². The molecule has 1 aromatic heterocycles. The first-order valence-electron chi connectivity index (χ1n) is 8.70. The van der Waals surface area contributed by atoms with Crippen molar-refractivity contribution in [2.24, 2.45) is 0 Å². The van der Waals surface area contributed by atoms with Crippen LogP contribution in [0.4, 0.5) is 4.39 Å². The third-order valence-corrected chi connectivity index (χ3v) is 5.33. The molecule has 0 saturated heterocycles. The Morgan fingerprint density at radius 3 is 2.57 bits per heavy atom. The molecular formula is C22H16Cl2FNO2. The maximum Gasteiger partial charge on any atom is 0.129 e. The largest absolute Gasteiger partial charge is 0.492 e. The Kier molecular flexibility index (Phi) is 5.36. The van der Waals surface area contributed by atoms with Crippen LogP contribution in [0.15, 0.2) is 72.6 Å². The Balaban J connectivity index is 1.86. The second-order valence-corrected chi connectivity index (χ2v) is 7.35. The molecule has 1 aliphatic heterocycles. The van der Waals surface area contributed by atoms with E-state index in [0.717, 1.165) is 5.56 Å². The summed E-state index contributed by atoms with van der Waals surface area (Å²) in [5, 5.41) is 12.2. The highest BCUT2D eigenvalue weighted by atomic mass is 35.5. The zero-order chi connectivity index (χ0) is 19.7. The first-order chi connectivity index (χ1) is 13.5. The molecule has 2 heterocycles. The zero-order valence-corrected chi connectivity index (χ0v) is 16.2. The van der Waals surface area contributed by atoms with Gasteiger partial charge in [-0.15, -0.1) is 0 Å². The Hall–Kier alpha value is -2.40. The van der Waals surface area contributed by atoms with Crippen LogP contribution >= 0.6 is 23.2 Å². The van der Waals surface area contributed by atoms with E-state index in [1.54, 1.807) is 48.8 Å². The average Bonchev–Trinajstić information content (AvgIpc) is 3.13. The van der Waals surface area contributed by atoms with Crippen LogP contribution in [0.2, 0.25) is 10.0 Å². The van der Waals surface area contributed by atoms with E-state index in [4.69, 9.17) is 27.9 Å². The van der Waals surface area contributed by atoms with Gasteiger partial charge in [-0.05, 0) is 48.0 Å². The minimum Gasteiger partial charge on any atom is -0.492 e. The molecule has 0 amide bonds. The fraction of sp³-hybridized carbons (Fsp3) is 0.136. The summed E-state index contributed by atoms with van der Waals surface area (Å²) >= 11 is 12.5. The molecule has 3 nitrogen and oxygen atoms in total. The normalized spacial score (nSPS) is 17.5. The maximum atomic E-state index is 13.4. The molecule has 1 aliphatic rings. The van der Waals surface area contributed by atoms with Crippen LogP contribution in [0.1, 0.15) is 28.7 Å². The number of aromatic nitrogens is 1. The van der Waals surface area contributed by atoms with Gasteiger partial charge in [0, 0.05) is 45.1 Å². The fourth-order valence-corrected chi connectivity index (χ4v) is 3.96. The van der Waals surface area contributed by atoms with Gasteiger partial charge >= 0.3 is 0 Å². The number of aliphatic hydroxyl groups excluding tert-OH is 1. The second-order valence-electron chi connectivity index (χ2n) is 6.51. The van der Waals surface area contributed by atoms with Crippen LogP contribution in [0.5, 0.6) is 0 Å². The lowest BCUT2D eigenvalue weighted by Gasteiger charge is -2.20. The van der Waals surface area contributed by atoms with Gasteiger partial charge in [0.15, 0.2) is 0 Å². The number of aliphatic hydroxyl groups is 1. The summed E-state index contributed by atoms with van der Waals surface area (Å²) in [6.07, 6.45) is 2.30. The molecule has 0 radical (unpaired) electrons. The third-order valence-electron chi connectivity index (χ3n) is 4.77. The van der Waals surface area contributed by atoms with Gasteiger partial charge in [-0.1, -0.05) is 35.3 Å². The molecule has 0 fully saturated rings. The standard InChI is InChI=1S/C22H16Cl2FNO2/c23-15-5-8-17(19(24)10-15)18-12-28-22(13-3-6-16(25)7-4-13)20(18)21(27)14-2-1-9-26-11-14/h1-11,18,21,27H,12H2. The summed E-state index contributed by atoms with van der Waals surface area (Å²) in [6, 6.07) is 14.8. The molecule has 2 aromatic carbocycles. The molecule has 2 unspecified atom stereocenters. The van der Waals surface area contributed by atoms with Crippen molar-refractivity contribution in [3.8, 4) is 0 Å². The number of rotatable bonds is 4. The quantitative estimate of drug-likeness (QED) is 0.586. The molecule has 1 N–H and O–H groups in total. The van der Waals surface area contributed by atoms with Gasteiger partial charge in [-0.3, -0.25) is 4.98 Å². The van der Waals surface area contributed by atoms with Crippen molar-refractivity contribution in [1.29, 1.82) is 0 Å². The fourth-order valence-electron chi connectivity index (χ4n) is 3.42.